The van der Waals surface area contributed by atoms with E-state index in [0.29, 0.717) is 47.1 Å². The molecule has 184 valence electrons. The number of ether oxygens (including phenoxy) is 2. The van der Waals surface area contributed by atoms with E-state index in [1.807, 2.05) is 30.6 Å². The molecule has 0 radical (unpaired) electrons. The fourth-order valence-corrected chi connectivity index (χ4v) is 5.97. The quantitative estimate of drug-likeness (QED) is 0.487. The second-order valence-electron chi connectivity index (χ2n) is 9.24. The van der Waals surface area contributed by atoms with Crippen molar-refractivity contribution in [1.82, 2.24) is 4.90 Å². The van der Waals surface area contributed by atoms with Crippen LogP contribution in [0, 0.1) is 5.92 Å². The fourth-order valence-electron chi connectivity index (χ4n) is 5.21. The van der Waals surface area contributed by atoms with Crippen LogP contribution in [0.15, 0.2) is 53.9 Å². The van der Waals surface area contributed by atoms with Gasteiger partial charge in [0.1, 0.15) is 0 Å². The van der Waals surface area contributed by atoms with Gasteiger partial charge in [-0.3, -0.25) is 14.4 Å². The first-order valence-electron chi connectivity index (χ1n) is 11.9. The highest BCUT2D eigenvalue weighted by molar-refractivity contribution is 7.09. The molecule has 8 nitrogen and oxygen atoms in total. The third kappa shape index (κ3) is 3.80. The number of imide groups is 1. The lowest BCUT2D eigenvalue weighted by molar-refractivity contribution is -0.135. The molecule has 2 aromatic carbocycles. The zero-order valence-electron chi connectivity index (χ0n) is 19.8. The molecule has 4 heterocycles. The number of anilines is 2. The second-order valence-corrected chi connectivity index (χ2v) is 10.3. The van der Waals surface area contributed by atoms with Crippen molar-refractivity contribution in [3.05, 3.63) is 69.9 Å². The van der Waals surface area contributed by atoms with Crippen molar-refractivity contribution < 1.29 is 23.9 Å². The maximum absolute atomic E-state index is 13.6. The standard InChI is InChI=1S/C27H25N3O5S/c1-28(15-19-6-4-12-36-19)25(31)17-5-3-11-29(14-17)21-8-2-7-20-24(21)27(33)30(26(20)32)18-9-10-22-23(13-18)35-16-34-22/h2,4,6-10,12-13,17H,3,5,11,14-16H2,1H3/t17-/m0/s1. The predicted octanol–water partition coefficient (Wildman–Crippen LogP) is 4.15. The van der Waals surface area contributed by atoms with Gasteiger partial charge in [-0.25, -0.2) is 4.90 Å². The van der Waals surface area contributed by atoms with E-state index in [-0.39, 0.29) is 30.4 Å². The van der Waals surface area contributed by atoms with Gasteiger partial charge in [-0.15, -0.1) is 11.3 Å². The zero-order chi connectivity index (χ0) is 24.8. The predicted molar refractivity (Wildman–Crippen MR) is 136 cm³/mol. The number of amides is 3. The van der Waals surface area contributed by atoms with Gasteiger partial charge in [0, 0.05) is 31.1 Å². The van der Waals surface area contributed by atoms with E-state index in [2.05, 4.69) is 4.90 Å². The Kier molecular flexibility index (Phi) is 5.64. The summed E-state index contributed by atoms with van der Waals surface area (Å²) in [6, 6.07) is 14.4. The summed E-state index contributed by atoms with van der Waals surface area (Å²) in [5.41, 5.74) is 1.91. The second kappa shape index (κ2) is 8.98. The summed E-state index contributed by atoms with van der Waals surface area (Å²) in [5, 5.41) is 2.01. The highest BCUT2D eigenvalue weighted by atomic mass is 32.1. The number of benzene rings is 2. The van der Waals surface area contributed by atoms with Crippen LogP contribution in [0.4, 0.5) is 11.4 Å². The summed E-state index contributed by atoms with van der Waals surface area (Å²) in [4.78, 5) is 46.4. The van der Waals surface area contributed by atoms with Crippen molar-refractivity contribution in [2.75, 3.05) is 36.7 Å². The number of nitrogens with zero attached hydrogens (tertiary/aromatic N) is 3. The molecule has 0 aliphatic carbocycles. The Morgan fingerprint density at radius 2 is 1.94 bits per heavy atom. The molecule has 0 saturated carbocycles. The average molecular weight is 504 g/mol. The summed E-state index contributed by atoms with van der Waals surface area (Å²) < 4.78 is 10.8. The average Bonchev–Trinajstić information content (AvgIpc) is 3.64. The molecule has 9 heteroatoms. The number of hydrogen-bond donors (Lipinski definition) is 0. The number of piperidine rings is 1. The number of fused-ring (bicyclic) bond motifs is 2. The highest BCUT2D eigenvalue weighted by Crippen LogP contribution is 2.40. The largest absolute Gasteiger partial charge is 0.454 e. The van der Waals surface area contributed by atoms with Crippen molar-refractivity contribution in [3.63, 3.8) is 0 Å². The molecule has 6 rings (SSSR count). The molecule has 0 unspecified atom stereocenters. The molecule has 0 spiro atoms. The molecule has 0 N–H and O–H groups in total. The maximum atomic E-state index is 13.6. The molecule has 3 aliphatic heterocycles. The Balaban J connectivity index is 1.25. The number of rotatable bonds is 5. The molecule has 3 amide bonds. The number of carbonyl (C=O) groups is 3. The molecule has 1 saturated heterocycles. The van der Waals surface area contributed by atoms with Gasteiger partial charge in [0.25, 0.3) is 11.8 Å². The summed E-state index contributed by atoms with van der Waals surface area (Å²) in [7, 11) is 1.84. The summed E-state index contributed by atoms with van der Waals surface area (Å²) in [6.07, 6.45) is 1.64. The summed E-state index contributed by atoms with van der Waals surface area (Å²) in [5.74, 6) is 0.294. The molecule has 1 fully saturated rings. The van der Waals surface area contributed by atoms with Gasteiger partial charge in [-0.05, 0) is 48.6 Å². The third-order valence-corrected chi connectivity index (χ3v) is 7.83. The van der Waals surface area contributed by atoms with Crippen molar-refractivity contribution in [2.24, 2.45) is 5.92 Å². The molecule has 3 aromatic rings. The minimum atomic E-state index is -0.368. The summed E-state index contributed by atoms with van der Waals surface area (Å²) >= 11 is 1.64. The maximum Gasteiger partial charge on any atom is 0.268 e. The van der Waals surface area contributed by atoms with Gasteiger partial charge in [-0.2, -0.15) is 0 Å². The lowest BCUT2D eigenvalue weighted by Gasteiger charge is -2.36. The number of thiophene rings is 1. The lowest BCUT2D eigenvalue weighted by atomic mass is 9.95. The SMILES string of the molecule is CN(Cc1cccs1)C(=O)[C@H]1CCCN(c2cccc3c2C(=O)N(c2ccc4c(c2)OCO4)C3=O)C1. The molecule has 1 atom stereocenters. The van der Waals surface area contributed by atoms with Crippen molar-refractivity contribution in [1.29, 1.82) is 0 Å². The fraction of sp³-hybridized carbons (Fsp3) is 0.296. The van der Waals surface area contributed by atoms with Crippen LogP contribution in [0.25, 0.3) is 0 Å². The Labute approximate surface area is 212 Å². The van der Waals surface area contributed by atoms with Crippen LogP contribution >= 0.6 is 11.3 Å². The first kappa shape index (κ1) is 22.6. The topological polar surface area (TPSA) is 79.4 Å². The molecule has 0 bridgehead atoms. The van der Waals surface area contributed by atoms with Gasteiger partial charge in [0.2, 0.25) is 12.7 Å². The molecule has 3 aliphatic rings. The first-order chi connectivity index (χ1) is 17.5. The monoisotopic (exact) mass is 503 g/mol. The third-order valence-electron chi connectivity index (χ3n) is 6.97. The Hall–Kier alpha value is -3.85. The van der Waals surface area contributed by atoms with Crippen LogP contribution in [0.2, 0.25) is 0 Å². The van der Waals surface area contributed by atoms with Gasteiger partial charge < -0.3 is 19.3 Å². The number of hydrogen-bond acceptors (Lipinski definition) is 7. The van der Waals surface area contributed by atoms with E-state index in [9.17, 15) is 14.4 Å². The molecule has 1 aromatic heterocycles. The van der Waals surface area contributed by atoms with Crippen LogP contribution in [0.1, 0.15) is 38.4 Å². The minimum Gasteiger partial charge on any atom is -0.454 e. The van der Waals surface area contributed by atoms with Gasteiger partial charge in [0.05, 0.1) is 35.0 Å². The van der Waals surface area contributed by atoms with Gasteiger partial charge >= 0.3 is 0 Å². The van der Waals surface area contributed by atoms with Crippen LogP contribution < -0.4 is 19.3 Å². The van der Waals surface area contributed by atoms with Crippen LogP contribution in [-0.2, 0) is 11.3 Å². The van der Waals surface area contributed by atoms with Crippen LogP contribution in [0.5, 0.6) is 11.5 Å². The molecular weight excluding hydrogens is 478 g/mol. The Bertz CT molecular complexity index is 1360. The smallest absolute Gasteiger partial charge is 0.268 e. The van der Waals surface area contributed by atoms with E-state index in [1.165, 1.54) is 4.90 Å². The van der Waals surface area contributed by atoms with Crippen molar-refractivity contribution >= 4 is 40.4 Å². The van der Waals surface area contributed by atoms with E-state index in [0.717, 1.165) is 24.3 Å². The van der Waals surface area contributed by atoms with E-state index in [1.54, 1.807) is 46.6 Å². The normalized spacial score (nSPS) is 18.5. The van der Waals surface area contributed by atoms with Crippen molar-refractivity contribution in [3.8, 4) is 11.5 Å². The van der Waals surface area contributed by atoms with Crippen LogP contribution in [-0.4, -0.2) is 49.6 Å². The first-order valence-corrected chi connectivity index (χ1v) is 12.8. The minimum absolute atomic E-state index is 0.102. The molecular formula is C27H25N3O5S. The van der Waals surface area contributed by atoms with Gasteiger partial charge in [-0.1, -0.05) is 12.1 Å². The Morgan fingerprint density at radius 3 is 2.78 bits per heavy atom. The lowest BCUT2D eigenvalue weighted by Crippen LogP contribution is -2.44. The summed E-state index contributed by atoms with van der Waals surface area (Å²) in [6.45, 7) is 1.93. The van der Waals surface area contributed by atoms with E-state index >= 15 is 0 Å². The highest BCUT2D eigenvalue weighted by Gasteiger charge is 2.41. The van der Waals surface area contributed by atoms with E-state index in [4.69, 9.17) is 9.47 Å². The van der Waals surface area contributed by atoms with Crippen molar-refractivity contribution in [2.45, 2.75) is 19.4 Å². The zero-order valence-corrected chi connectivity index (χ0v) is 20.6. The molecule has 36 heavy (non-hydrogen) atoms. The van der Waals surface area contributed by atoms with Crippen LogP contribution in [0.3, 0.4) is 0 Å². The van der Waals surface area contributed by atoms with Gasteiger partial charge in [0.15, 0.2) is 11.5 Å². The number of carbonyl (C=O) groups excluding carboxylic acids is 3. The van der Waals surface area contributed by atoms with E-state index < -0.39 is 0 Å². The Morgan fingerprint density at radius 1 is 1.08 bits per heavy atom.